The Hall–Kier alpha value is -4.30. The predicted octanol–water partition coefficient (Wildman–Crippen LogP) is 6.77. The SMILES string of the molecule is Cc1ccc(-c2nc(-c3cccnc3)cs2)cc1-c1ccc(NC(=O)c2c(F)cccc2F)nc1. The number of aromatic nitrogens is 3. The lowest BCUT2D eigenvalue weighted by atomic mass is 9.99. The van der Waals surface area contributed by atoms with Gasteiger partial charge in [0.05, 0.1) is 5.69 Å². The van der Waals surface area contributed by atoms with Gasteiger partial charge in [-0.3, -0.25) is 9.78 Å². The number of carbonyl (C=O) groups is 1. The molecule has 5 aromatic rings. The minimum absolute atomic E-state index is 0.191. The van der Waals surface area contributed by atoms with Crippen LogP contribution in [0.25, 0.3) is 33.0 Å². The highest BCUT2D eigenvalue weighted by Crippen LogP contribution is 2.33. The smallest absolute Gasteiger partial charge is 0.262 e. The van der Waals surface area contributed by atoms with Crippen molar-refractivity contribution in [2.24, 2.45) is 0 Å². The quantitative estimate of drug-likeness (QED) is 0.299. The molecule has 5 rings (SSSR count). The highest BCUT2D eigenvalue weighted by atomic mass is 32.1. The van der Waals surface area contributed by atoms with Crippen LogP contribution in [0.1, 0.15) is 15.9 Å². The number of rotatable bonds is 5. The maximum Gasteiger partial charge on any atom is 0.262 e. The summed E-state index contributed by atoms with van der Waals surface area (Å²) < 4.78 is 27.8. The van der Waals surface area contributed by atoms with Crippen LogP contribution >= 0.6 is 11.3 Å². The molecule has 2 aromatic carbocycles. The minimum Gasteiger partial charge on any atom is -0.306 e. The van der Waals surface area contributed by atoms with Crippen LogP contribution in [0.4, 0.5) is 14.6 Å². The molecule has 0 aliphatic carbocycles. The van der Waals surface area contributed by atoms with Crippen LogP contribution in [0.3, 0.4) is 0 Å². The molecule has 0 aliphatic heterocycles. The molecule has 1 amide bonds. The summed E-state index contributed by atoms with van der Waals surface area (Å²) in [5.74, 6) is -2.57. The lowest BCUT2D eigenvalue weighted by molar-refractivity contribution is 0.101. The second-order valence-corrected chi connectivity index (χ2v) is 8.65. The first-order valence-electron chi connectivity index (χ1n) is 10.7. The molecule has 0 atom stereocenters. The van der Waals surface area contributed by atoms with Gasteiger partial charge in [-0.1, -0.05) is 18.2 Å². The van der Waals surface area contributed by atoms with E-state index < -0.39 is 23.1 Å². The third kappa shape index (κ3) is 4.69. The number of amides is 1. The van der Waals surface area contributed by atoms with Crippen LogP contribution in [0, 0.1) is 18.6 Å². The van der Waals surface area contributed by atoms with Gasteiger partial charge in [-0.15, -0.1) is 11.3 Å². The van der Waals surface area contributed by atoms with Crippen LogP contribution in [-0.2, 0) is 0 Å². The molecule has 0 fully saturated rings. The summed E-state index contributed by atoms with van der Waals surface area (Å²) in [6.07, 6.45) is 5.13. The zero-order valence-electron chi connectivity index (χ0n) is 18.5. The fourth-order valence-corrected chi connectivity index (χ4v) is 4.47. The van der Waals surface area contributed by atoms with Crippen molar-refractivity contribution in [2.45, 2.75) is 6.92 Å². The van der Waals surface area contributed by atoms with Crippen LogP contribution in [0.2, 0.25) is 0 Å². The van der Waals surface area contributed by atoms with Gasteiger partial charge < -0.3 is 5.32 Å². The molecule has 0 spiro atoms. The number of benzene rings is 2. The number of nitrogens with zero attached hydrogens (tertiary/aromatic N) is 3. The molecule has 172 valence electrons. The summed E-state index contributed by atoms with van der Waals surface area (Å²) in [4.78, 5) is 25.5. The largest absolute Gasteiger partial charge is 0.306 e. The van der Waals surface area contributed by atoms with Crippen molar-refractivity contribution in [3.63, 3.8) is 0 Å². The van der Waals surface area contributed by atoms with Gasteiger partial charge in [0.15, 0.2) is 0 Å². The van der Waals surface area contributed by atoms with Crippen LogP contribution in [-0.4, -0.2) is 20.9 Å². The number of nitrogens with one attached hydrogen (secondary N) is 1. The number of hydrogen-bond donors (Lipinski definition) is 1. The number of thiazole rings is 1. The fourth-order valence-electron chi connectivity index (χ4n) is 3.64. The van der Waals surface area contributed by atoms with Crippen LogP contribution < -0.4 is 5.32 Å². The van der Waals surface area contributed by atoms with E-state index >= 15 is 0 Å². The summed E-state index contributed by atoms with van der Waals surface area (Å²) in [6.45, 7) is 2.00. The molecule has 3 heterocycles. The van der Waals surface area contributed by atoms with E-state index in [4.69, 9.17) is 4.98 Å². The average Bonchev–Trinajstić information content (AvgIpc) is 3.36. The molecule has 0 aliphatic rings. The number of pyridine rings is 2. The number of halogens is 2. The van der Waals surface area contributed by atoms with Gasteiger partial charge in [-0.2, -0.15) is 0 Å². The van der Waals surface area contributed by atoms with E-state index in [2.05, 4.69) is 15.3 Å². The van der Waals surface area contributed by atoms with Crippen molar-refractivity contribution in [1.82, 2.24) is 15.0 Å². The molecular formula is C27H18F2N4OS. The molecule has 8 heteroatoms. The van der Waals surface area contributed by atoms with Gasteiger partial charge in [0, 0.05) is 40.7 Å². The Bertz CT molecular complexity index is 1500. The molecule has 5 nitrogen and oxygen atoms in total. The second-order valence-electron chi connectivity index (χ2n) is 7.79. The molecule has 0 saturated heterocycles. The Kier molecular flexibility index (Phi) is 6.12. The van der Waals surface area contributed by atoms with Crippen molar-refractivity contribution >= 4 is 23.1 Å². The Morgan fingerprint density at radius 3 is 2.43 bits per heavy atom. The number of aryl methyl sites for hydroxylation is 1. The summed E-state index contributed by atoms with van der Waals surface area (Å²) >= 11 is 1.55. The Morgan fingerprint density at radius 2 is 1.71 bits per heavy atom. The minimum atomic E-state index is -0.930. The van der Waals surface area contributed by atoms with E-state index in [0.717, 1.165) is 50.7 Å². The third-order valence-electron chi connectivity index (χ3n) is 5.45. The molecule has 35 heavy (non-hydrogen) atoms. The second kappa shape index (κ2) is 9.52. The summed E-state index contributed by atoms with van der Waals surface area (Å²) in [6, 6.07) is 16.6. The van der Waals surface area contributed by atoms with E-state index in [9.17, 15) is 13.6 Å². The van der Waals surface area contributed by atoms with E-state index in [-0.39, 0.29) is 5.82 Å². The number of carbonyl (C=O) groups excluding carboxylic acids is 1. The van der Waals surface area contributed by atoms with Gasteiger partial charge in [0.2, 0.25) is 0 Å². The van der Waals surface area contributed by atoms with Gasteiger partial charge in [-0.25, -0.2) is 18.7 Å². The van der Waals surface area contributed by atoms with Crippen molar-refractivity contribution in [2.75, 3.05) is 5.32 Å². The maximum absolute atomic E-state index is 13.9. The molecule has 0 bridgehead atoms. The number of hydrogen-bond acceptors (Lipinski definition) is 5. The van der Waals surface area contributed by atoms with Gasteiger partial charge in [-0.05, 0) is 60.5 Å². The van der Waals surface area contributed by atoms with Crippen molar-refractivity contribution in [1.29, 1.82) is 0 Å². The van der Waals surface area contributed by atoms with Crippen molar-refractivity contribution < 1.29 is 13.6 Å². The molecular weight excluding hydrogens is 466 g/mol. The Morgan fingerprint density at radius 1 is 0.914 bits per heavy atom. The highest BCUT2D eigenvalue weighted by Gasteiger charge is 2.17. The lowest BCUT2D eigenvalue weighted by Crippen LogP contribution is -2.16. The first-order valence-corrected chi connectivity index (χ1v) is 11.6. The monoisotopic (exact) mass is 484 g/mol. The topological polar surface area (TPSA) is 67.8 Å². The summed E-state index contributed by atoms with van der Waals surface area (Å²) in [5.41, 5.74) is 5.00. The Labute approximate surface area is 204 Å². The summed E-state index contributed by atoms with van der Waals surface area (Å²) in [5, 5.41) is 5.33. The van der Waals surface area contributed by atoms with E-state index in [1.807, 2.05) is 42.6 Å². The van der Waals surface area contributed by atoms with Crippen molar-refractivity contribution in [3.8, 4) is 33.0 Å². The standard InChI is InChI=1S/C27H18F2N4OS/c1-16-7-8-17(27-32-23(15-35-27)19-4-3-11-30-13-19)12-20(16)18-9-10-24(31-14-18)33-26(34)25-21(28)5-2-6-22(25)29/h2-15H,1H3,(H,31,33,34). The molecule has 0 saturated carbocycles. The highest BCUT2D eigenvalue weighted by molar-refractivity contribution is 7.13. The fraction of sp³-hybridized carbons (Fsp3) is 0.0370. The normalized spacial score (nSPS) is 10.8. The molecule has 3 aromatic heterocycles. The first-order chi connectivity index (χ1) is 17.0. The van der Waals surface area contributed by atoms with Gasteiger partial charge in [0.25, 0.3) is 5.91 Å². The molecule has 0 unspecified atom stereocenters. The average molecular weight is 485 g/mol. The van der Waals surface area contributed by atoms with Gasteiger partial charge in [0.1, 0.15) is 28.0 Å². The zero-order chi connectivity index (χ0) is 24.4. The molecule has 1 N–H and O–H groups in total. The van der Waals surface area contributed by atoms with Gasteiger partial charge >= 0.3 is 0 Å². The molecule has 0 radical (unpaired) electrons. The first kappa shape index (κ1) is 22.5. The summed E-state index contributed by atoms with van der Waals surface area (Å²) in [7, 11) is 0. The third-order valence-corrected chi connectivity index (χ3v) is 6.34. The zero-order valence-corrected chi connectivity index (χ0v) is 19.3. The van der Waals surface area contributed by atoms with Crippen LogP contribution in [0.15, 0.2) is 84.6 Å². The number of anilines is 1. The Balaban J connectivity index is 1.39. The van der Waals surface area contributed by atoms with Crippen LogP contribution in [0.5, 0.6) is 0 Å². The van der Waals surface area contributed by atoms with E-state index in [1.54, 1.807) is 42.1 Å². The van der Waals surface area contributed by atoms with Crippen molar-refractivity contribution in [3.05, 3.63) is 107 Å². The predicted molar refractivity (Wildman–Crippen MR) is 133 cm³/mol. The maximum atomic E-state index is 13.9. The van der Waals surface area contributed by atoms with E-state index in [0.29, 0.717) is 0 Å². The lowest BCUT2D eigenvalue weighted by Gasteiger charge is -2.10. The van der Waals surface area contributed by atoms with E-state index in [1.165, 1.54) is 6.07 Å².